The zero-order chi connectivity index (χ0) is 16.9. The Morgan fingerprint density at radius 1 is 1.29 bits per heavy atom. The fourth-order valence-electron chi connectivity index (χ4n) is 3.04. The summed E-state index contributed by atoms with van der Waals surface area (Å²) < 4.78 is 4.98. The number of methoxy groups -OCH3 is 1. The predicted molar refractivity (Wildman–Crippen MR) is 92.4 cm³/mol. The Hall–Kier alpha value is -2.14. The molecule has 5 nitrogen and oxygen atoms in total. The average molecular weight is 346 g/mol. The fourth-order valence-corrected chi connectivity index (χ4v) is 3.25. The average Bonchev–Trinajstić information content (AvgIpc) is 2.64. The van der Waals surface area contributed by atoms with Crippen LogP contribution in [0.5, 0.6) is 6.01 Å². The van der Waals surface area contributed by atoms with Crippen LogP contribution < -0.4 is 4.74 Å². The van der Waals surface area contributed by atoms with Gasteiger partial charge in [-0.1, -0.05) is 29.8 Å². The Labute approximate surface area is 146 Å². The minimum Gasteiger partial charge on any atom is -0.467 e. The molecule has 0 radical (unpaired) electrons. The van der Waals surface area contributed by atoms with Gasteiger partial charge in [-0.05, 0) is 42.9 Å². The normalized spacial score (nSPS) is 15.3. The number of carbonyl (C=O) groups is 1. The highest BCUT2D eigenvalue weighted by atomic mass is 35.5. The van der Waals surface area contributed by atoms with Gasteiger partial charge in [0.05, 0.1) is 7.11 Å². The summed E-state index contributed by atoms with van der Waals surface area (Å²) in [5, 5.41) is 0.823. The summed E-state index contributed by atoms with van der Waals surface area (Å²) in [6.07, 6.45) is 4.45. The number of hydrogen-bond donors (Lipinski definition) is 0. The molecular weight excluding hydrogens is 326 g/mol. The molecule has 0 atom stereocenters. The maximum atomic E-state index is 12.5. The lowest BCUT2D eigenvalue weighted by molar-refractivity contribution is 0.0683. The van der Waals surface area contributed by atoms with E-state index >= 15 is 0 Å². The first kappa shape index (κ1) is 16.7. The van der Waals surface area contributed by atoms with Crippen molar-refractivity contribution in [2.24, 2.45) is 5.92 Å². The second kappa shape index (κ2) is 7.62. The van der Waals surface area contributed by atoms with E-state index in [0.717, 1.165) is 37.4 Å². The lowest BCUT2D eigenvalue weighted by atomic mass is 9.90. The molecule has 0 bridgehead atoms. The van der Waals surface area contributed by atoms with Crippen LogP contribution in [0.2, 0.25) is 5.02 Å². The van der Waals surface area contributed by atoms with E-state index in [1.165, 1.54) is 12.7 Å². The molecule has 1 aromatic heterocycles. The van der Waals surface area contributed by atoms with Gasteiger partial charge in [-0.3, -0.25) is 4.79 Å². The maximum absolute atomic E-state index is 12.5. The molecule has 1 saturated heterocycles. The Balaban J connectivity index is 1.58. The van der Waals surface area contributed by atoms with Gasteiger partial charge in [0.1, 0.15) is 5.69 Å². The van der Waals surface area contributed by atoms with Crippen LogP contribution in [0, 0.1) is 5.92 Å². The standard InChI is InChI=1S/C18H20ClN3O2/c1-24-18-20-9-6-16(21-18)17(23)22-10-7-13(8-11-22)12-14-4-2-3-5-15(14)19/h2-6,9,13H,7-8,10-12H2,1H3. The summed E-state index contributed by atoms with van der Waals surface area (Å²) in [6, 6.07) is 9.81. The summed E-state index contributed by atoms with van der Waals surface area (Å²) in [5.41, 5.74) is 1.57. The molecule has 1 amide bonds. The summed E-state index contributed by atoms with van der Waals surface area (Å²) in [5.74, 6) is 0.487. The zero-order valence-electron chi connectivity index (χ0n) is 13.6. The smallest absolute Gasteiger partial charge is 0.316 e. The van der Waals surface area contributed by atoms with Crippen molar-refractivity contribution in [3.63, 3.8) is 0 Å². The number of benzene rings is 1. The highest BCUT2D eigenvalue weighted by Crippen LogP contribution is 2.26. The first-order chi connectivity index (χ1) is 11.7. The molecule has 0 saturated carbocycles. The number of amides is 1. The minimum atomic E-state index is -0.0631. The molecule has 0 N–H and O–H groups in total. The lowest BCUT2D eigenvalue weighted by Gasteiger charge is -2.32. The molecule has 1 aromatic carbocycles. The molecule has 1 aliphatic rings. The third kappa shape index (κ3) is 3.85. The van der Waals surface area contributed by atoms with Crippen molar-refractivity contribution in [2.45, 2.75) is 19.3 Å². The number of piperidine rings is 1. The van der Waals surface area contributed by atoms with Crippen LogP contribution in [-0.2, 0) is 6.42 Å². The topological polar surface area (TPSA) is 55.3 Å². The molecule has 6 heteroatoms. The van der Waals surface area contributed by atoms with Crippen molar-refractivity contribution in [1.29, 1.82) is 0 Å². The van der Waals surface area contributed by atoms with E-state index in [4.69, 9.17) is 16.3 Å². The molecule has 24 heavy (non-hydrogen) atoms. The van der Waals surface area contributed by atoms with Crippen LogP contribution in [0.4, 0.5) is 0 Å². The van der Waals surface area contributed by atoms with Crippen LogP contribution in [0.15, 0.2) is 36.5 Å². The molecule has 2 aromatic rings. The van der Waals surface area contributed by atoms with Gasteiger partial charge in [-0.15, -0.1) is 0 Å². The molecule has 2 heterocycles. The molecule has 126 valence electrons. The number of carbonyl (C=O) groups excluding carboxylic acids is 1. The lowest BCUT2D eigenvalue weighted by Crippen LogP contribution is -2.39. The molecule has 1 aliphatic heterocycles. The van der Waals surface area contributed by atoms with E-state index in [-0.39, 0.29) is 11.9 Å². The number of nitrogens with zero attached hydrogens (tertiary/aromatic N) is 3. The van der Waals surface area contributed by atoms with E-state index in [1.807, 2.05) is 23.1 Å². The summed E-state index contributed by atoms with van der Waals surface area (Å²) in [4.78, 5) is 22.5. The zero-order valence-corrected chi connectivity index (χ0v) is 14.4. The van der Waals surface area contributed by atoms with Gasteiger partial charge >= 0.3 is 6.01 Å². The summed E-state index contributed by atoms with van der Waals surface area (Å²) in [7, 11) is 1.49. The number of ether oxygens (including phenoxy) is 1. The van der Waals surface area contributed by atoms with Gasteiger partial charge in [0, 0.05) is 24.3 Å². The fraction of sp³-hybridized carbons (Fsp3) is 0.389. The van der Waals surface area contributed by atoms with Crippen LogP contribution in [0.1, 0.15) is 28.9 Å². The highest BCUT2D eigenvalue weighted by Gasteiger charge is 2.25. The first-order valence-corrected chi connectivity index (χ1v) is 8.45. The van der Waals surface area contributed by atoms with E-state index in [0.29, 0.717) is 11.6 Å². The van der Waals surface area contributed by atoms with Gasteiger partial charge < -0.3 is 9.64 Å². The monoisotopic (exact) mass is 345 g/mol. The predicted octanol–water partition coefficient (Wildman–Crippen LogP) is 3.23. The van der Waals surface area contributed by atoms with E-state index < -0.39 is 0 Å². The summed E-state index contributed by atoms with van der Waals surface area (Å²) >= 11 is 6.24. The molecular formula is C18H20ClN3O2. The van der Waals surface area contributed by atoms with Crippen LogP contribution in [-0.4, -0.2) is 41.0 Å². The SMILES string of the molecule is COc1nccc(C(=O)N2CCC(Cc3ccccc3Cl)CC2)n1. The Bertz CT molecular complexity index is 715. The van der Waals surface area contributed by atoms with Crippen molar-refractivity contribution >= 4 is 17.5 Å². The van der Waals surface area contributed by atoms with Crippen molar-refractivity contribution in [3.8, 4) is 6.01 Å². The number of aromatic nitrogens is 2. The van der Waals surface area contributed by atoms with Crippen molar-refractivity contribution < 1.29 is 9.53 Å². The first-order valence-electron chi connectivity index (χ1n) is 8.07. The Morgan fingerprint density at radius 2 is 2.04 bits per heavy atom. The Kier molecular flexibility index (Phi) is 5.30. The van der Waals surface area contributed by atoms with Gasteiger partial charge in [0.15, 0.2) is 0 Å². The van der Waals surface area contributed by atoms with Gasteiger partial charge in [-0.25, -0.2) is 4.98 Å². The van der Waals surface area contributed by atoms with Gasteiger partial charge in [0.25, 0.3) is 5.91 Å². The largest absolute Gasteiger partial charge is 0.467 e. The number of likely N-dealkylation sites (tertiary alicyclic amines) is 1. The number of halogens is 1. The highest BCUT2D eigenvalue weighted by molar-refractivity contribution is 6.31. The molecule has 3 rings (SSSR count). The van der Waals surface area contributed by atoms with Gasteiger partial charge in [-0.2, -0.15) is 4.98 Å². The van der Waals surface area contributed by atoms with E-state index in [9.17, 15) is 4.79 Å². The van der Waals surface area contributed by atoms with E-state index in [2.05, 4.69) is 16.0 Å². The Morgan fingerprint density at radius 3 is 2.75 bits per heavy atom. The summed E-state index contributed by atoms with van der Waals surface area (Å²) in [6.45, 7) is 1.47. The second-order valence-corrected chi connectivity index (χ2v) is 6.37. The van der Waals surface area contributed by atoms with Crippen molar-refractivity contribution in [1.82, 2.24) is 14.9 Å². The quantitative estimate of drug-likeness (QED) is 0.853. The number of hydrogen-bond acceptors (Lipinski definition) is 4. The third-order valence-electron chi connectivity index (χ3n) is 4.40. The second-order valence-electron chi connectivity index (χ2n) is 5.96. The van der Waals surface area contributed by atoms with Gasteiger partial charge in [0.2, 0.25) is 0 Å². The molecule has 0 spiro atoms. The molecule has 0 unspecified atom stereocenters. The van der Waals surface area contributed by atoms with Crippen LogP contribution >= 0.6 is 11.6 Å². The third-order valence-corrected chi connectivity index (χ3v) is 4.77. The number of rotatable bonds is 4. The van der Waals surface area contributed by atoms with Crippen LogP contribution in [0.3, 0.4) is 0 Å². The minimum absolute atomic E-state index is 0.0631. The van der Waals surface area contributed by atoms with Crippen LogP contribution in [0.25, 0.3) is 0 Å². The van der Waals surface area contributed by atoms with Crippen molar-refractivity contribution in [3.05, 3.63) is 52.8 Å². The van der Waals surface area contributed by atoms with E-state index in [1.54, 1.807) is 12.3 Å². The molecule has 0 aliphatic carbocycles. The molecule has 1 fully saturated rings. The van der Waals surface area contributed by atoms with Crippen molar-refractivity contribution in [2.75, 3.05) is 20.2 Å². The maximum Gasteiger partial charge on any atom is 0.316 e.